The lowest BCUT2D eigenvalue weighted by Crippen LogP contribution is -2.42. The van der Waals surface area contributed by atoms with Gasteiger partial charge in [0.2, 0.25) is 0 Å². The number of thioether (sulfide) groups is 1. The van der Waals surface area contributed by atoms with Crippen LogP contribution in [-0.2, 0) is 20.8 Å². The molecule has 0 aromatic heterocycles. The van der Waals surface area contributed by atoms with Crippen molar-refractivity contribution in [1.29, 1.82) is 0 Å². The maximum absolute atomic E-state index is 12.1. The van der Waals surface area contributed by atoms with Crippen molar-refractivity contribution in [3.8, 4) is 17.2 Å². The molecule has 3 rings (SSSR count). The van der Waals surface area contributed by atoms with Crippen LogP contribution in [0.4, 0.5) is 0 Å². The number of carbonyl (C=O) groups excluding carboxylic acids is 2. The minimum Gasteiger partial charge on any atom is -0.489 e. The molecule has 1 heterocycles. The minimum absolute atomic E-state index is 0.165. The zero-order chi connectivity index (χ0) is 28.0. The van der Waals surface area contributed by atoms with Gasteiger partial charge in [0.25, 0.3) is 0 Å². The summed E-state index contributed by atoms with van der Waals surface area (Å²) in [6.07, 6.45) is 5.44. The third kappa shape index (κ3) is 6.85. The van der Waals surface area contributed by atoms with Gasteiger partial charge in [-0.15, -0.1) is 0 Å². The number of aliphatic carboxylic acids is 1. The molecule has 0 spiro atoms. The molecule has 38 heavy (non-hydrogen) atoms. The van der Waals surface area contributed by atoms with Gasteiger partial charge in [-0.1, -0.05) is 17.8 Å². The van der Waals surface area contributed by atoms with Gasteiger partial charge >= 0.3 is 11.9 Å². The Bertz CT molecular complexity index is 1310. The first-order valence-corrected chi connectivity index (χ1v) is 13.0. The Hall–Kier alpha value is -3.56. The first kappa shape index (κ1) is 29.0. The third-order valence-electron chi connectivity index (χ3n) is 6.52. The van der Waals surface area contributed by atoms with E-state index in [0.29, 0.717) is 42.1 Å². The Morgan fingerprint density at radius 2 is 1.87 bits per heavy atom. The second-order valence-electron chi connectivity index (χ2n) is 9.41. The summed E-state index contributed by atoms with van der Waals surface area (Å²) in [5, 5.41) is 17.8. The summed E-state index contributed by atoms with van der Waals surface area (Å²) >= 11 is 1.07. The van der Waals surface area contributed by atoms with E-state index in [9.17, 15) is 14.4 Å². The molecule has 8 nitrogen and oxygen atoms in total. The van der Waals surface area contributed by atoms with Gasteiger partial charge in [-0.25, -0.2) is 9.59 Å². The highest BCUT2D eigenvalue weighted by molar-refractivity contribution is 8.03. The number of benzene rings is 2. The SMILES string of the molecule is Cc1cc(/C=C(/C=O)SCO)ccc1OCC1(C)CCc2c(C)c(OC(=O)/C=C/C(=O)O)c(C)c(C)c2O1. The number of aliphatic hydroxyl groups is 1. The van der Waals surface area contributed by atoms with E-state index in [1.165, 1.54) is 0 Å². The zero-order valence-electron chi connectivity index (χ0n) is 22.1. The zero-order valence-corrected chi connectivity index (χ0v) is 22.9. The molecular weight excluding hydrogens is 508 g/mol. The van der Waals surface area contributed by atoms with Crippen molar-refractivity contribution in [2.75, 3.05) is 12.5 Å². The number of carbonyl (C=O) groups is 3. The maximum atomic E-state index is 12.1. The average molecular weight is 541 g/mol. The largest absolute Gasteiger partial charge is 0.489 e. The van der Waals surface area contributed by atoms with Crippen molar-refractivity contribution >= 4 is 36.1 Å². The highest BCUT2D eigenvalue weighted by Gasteiger charge is 2.36. The molecule has 0 bridgehead atoms. The van der Waals surface area contributed by atoms with Crippen LogP contribution in [0.1, 0.15) is 46.7 Å². The molecule has 0 radical (unpaired) electrons. The second kappa shape index (κ2) is 12.3. The van der Waals surface area contributed by atoms with E-state index in [1.807, 2.05) is 52.8 Å². The van der Waals surface area contributed by atoms with Crippen molar-refractivity contribution in [3.05, 3.63) is 68.6 Å². The number of hydrogen-bond donors (Lipinski definition) is 2. The number of esters is 1. The van der Waals surface area contributed by atoms with Crippen molar-refractivity contribution < 1.29 is 38.8 Å². The molecule has 0 saturated heterocycles. The van der Waals surface area contributed by atoms with Crippen LogP contribution < -0.4 is 14.2 Å². The third-order valence-corrected chi connectivity index (χ3v) is 7.19. The monoisotopic (exact) mass is 540 g/mol. The van der Waals surface area contributed by atoms with Gasteiger partial charge in [0, 0.05) is 22.6 Å². The lowest BCUT2D eigenvalue weighted by Gasteiger charge is -2.38. The number of aryl methyl sites for hydroxylation is 1. The molecule has 2 N–H and O–H groups in total. The van der Waals surface area contributed by atoms with Crippen LogP contribution in [0.15, 0.2) is 35.3 Å². The normalized spacial score (nSPS) is 17.1. The molecule has 2 aromatic rings. The number of aldehydes is 1. The summed E-state index contributed by atoms with van der Waals surface area (Å²) in [5.74, 6) is -0.260. The molecule has 1 aliphatic rings. The number of allylic oxidation sites excluding steroid dienone is 1. The Kier molecular flexibility index (Phi) is 9.40. The van der Waals surface area contributed by atoms with E-state index in [0.717, 1.165) is 63.0 Å². The summed E-state index contributed by atoms with van der Waals surface area (Å²) in [6.45, 7) is 9.86. The Labute approximate surface area is 226 Å². The quantitative estimate of drug-likeness (QED) is 0.143. The molecule has 1 aliphatic heterocycles. The number of ether oxygens (including phenoxy) is 3. The fraction of sp³-hybridized carbons (Fsp3) is 0.345. The van der Waals surface area contributed by atoms with E-state index in [4.69, 9.17) is 24.4 Å². The fourth-order valence-corrected chi connectivity index (χ4v) is 4.75. The van der Waals surface area contributed by atoms with Gasteiger partial charge in [-0.2, -0.15) is 0 Å². The van der Waals surface area contributed by atoms with Crippen LogP contribution in [0.3, 0.4) is 0 Å². The highest BCUT2D eigenvalue weighted by Crippen LogP contribution is 2.44. The van der Waals surface area contributed by atoms with E-state index in [2.05, 4.69) is 0 Å². The fourth-order valence-electron chi connectivity index (χ4n) is 4.31. The number of hydrogen-bond acceptors (Lipinski definition) is 8. The van der Waals surface area contributed by atoms with Gasteiger partial charge in [0.15, 0.2) is 6.29 Å². The molecule has 2 aromatic carbocycles. The van der Waals surface area contributed by atoms with Crippen molar-refractivity contribution in [3.63, 3.8) is 0 Å². The van der Waals surface area contributed by atoms with Gasteiger partial charge in [0.05, 0.1) is 5.94 Å². The topological polar surface area (TPSA) is 119 Å². The molecule has 0 aliphatic carbocycles. The van der Waals surface area contributed by atoms with Crippen LogP contribution >= 0.6 is 11.8 Å². The molecule has 1 atom stereocenters. The molecular formula is C29H32O8S. The average Bonchev–Trinajstić information content (AvgIpc) is 2.88. The summed E-state index contributed by atoms with van der Waals surface area (Å²) in [7, 11) is 0. The first-order chi connectivity index (χ1) is 18.0. The predicted octanol–water partition coefficient (Wildman–Crippen LogP) is 4.85. The molecule has 202 valence electrons. The van der Waals surface area contributed by atoms with Crippen molar-refractivity contribution in [1.82, 2.24) is 0 Å². The number of aliphatic hydroxyl groups excluding tert-OH is 1. The summed E-state index contributed by atoms with van der Waals surface area (Å²) in [4.78, 5) is 34.4. The molecule has 0 fully saturated rings. The van der Waals surface area contributed by atoms with E-state index in [1.54, 1.807) is 6.08 Å². The predicted molar refractivity (Wildman–Crippen MR) is 146 cm³/mol. The van der Waals surface area contributed by atoms with Crippen molar-refractivity contribution in [2.24, 2.45) is 0 Å². The van der Waals surface area contributed by atoms with Gasteiger partial charge in [-0.05, 0) is 93.5 Å². The molecule has 9 heteroatoms. The van der Waals surface area contributed by atoms with Crippen molar-refractivity contribution in [2.45, 2.75) is 53.1 Å². The molecule has 0 saturated carbocycles. The molecule has 1 unspecified atom stereocenters. The van der Waals surface area contributed by atoms with Crippen LogP contribution in [0.2, 0.25) is 0 Å². The highest BCUT2D eigenvalue weighted by atomic mass is 32.2. The lowest BCUT2D eigenvalue weighted by molar-refractivity contribution is -0.133. The number of rotatable bonds is 10. The van der Waals surface area contributed by atoms with Gasteiger partial charge in [-0.3, -0.25) is 4.79 Å². The smallest absolute Gasteiger partial charge is 0.336 e. The Morgan fingerprint density at radius 3 is 2.50 bits per heavy atom. The maximum Gasteiger partial charge on any atom is 0.336 e. The van der Waals surface area contributed by atoms with Crippen LogP contribution in [0.5, 0.6) is 17.2 Å². The minimum atomic E-state index is -1.22. The first-order valence-electron chi connectivity index (χ1n) is 12.1. The standard InChI is InChI=1S/C29H32O8S/c1-17-12-21(13-22(14-30)38-16-31)6-7-24(17)35-15-29(5)11-10-23-20(4)27(18(2)19(3)28(23)37-29)36-26(34)9-8-25(32)33/h6-9,12-14,31H,10-11,15-16H2,1-5H3,(H,32,33)/b9-8+,22-13-. The number of carboxylic acids is 1. The molecule has 0 amide bonds. The second-order valence-corrected chi connectivity index (χ2v) is 10.4. The number of fused-ring (bicyclic) bond motifs is 1. The summed E-state index contributed by atoms with van der Waals surface area (Å²) < 4.78 is 18.2. The summed E-state index contributed by atoms with van der Waals surface area (Å²) in [6, 6.07) is 5.63. The summed E-state index contributed by atoms with van der Waals surface area (Å²) in [5.41, 5.74) is 4.49. The Balaban J connectivity index is 1.77. The lowest BCUT2D eigenvalue weighted by atomic mass is 9.87. The van der Waals surface area contributed by atoms with Crippen LogP contribution in [0.25, 0.3) is 6.08 Å². The van der Waals surface area contributed by atoms with Crippen LogP contribution in [-0.4, -0.2) is 46.6 Å². The number of carboxylic acid groups (broad SMARTS) is 1. The van der Waals surface area contributed by atoms with Gasteiger partial charge < -0.3 is 24.4 Å². The van der Waals surface area contributed by atoms with E-state index < -0.39 is 17.5 Å². The Morgan fingerprint density at radius 1 is 1.13 bits per heavy atom. The van der Waals surface area contributed by atoms with E-state index in [-0.39, 0.29) is 5.94 Å². The van der Waals surface area contributed by atoms with E-state index >= 15 is 0 Å². The van der Waals surface area contributed by atoms with Crippen LogP contribution in [0, 0.1) is 27.7 Å². The van der Waals surface area contributed by atoms with Gasteiger partial charge in [0.1, 0.15) is 29.5 Å².